The predicted octanol–water partition coefficient (Wildman–Crippen LogP) is 6.44. The van der Waals surface area contributed by atoms with Gasteiger partial charge < -0.3 is 20.6 Å². The van der Waals surface area contributed by atoms with E-state index in [0.717, 1.165) is 60.2 Å². The molecule has 1 saturated carbocycles. The average Bonchev–Trinajstić information content (AvgIpc) is 3.34. The Hall–Kier alpha value is -4.73. The maximum Gasteiger partial charge on any atom is 0.262 e. The van der Waals surface area contributed by atoms with Crippen molar-refractivity contribution >= 4 is 53.5 Å². The molecule has 10 heteroatoms. The van der Waals surface area contributed by atoms with Crippen molar-refractivity contribution in [3.05, 3.63) is 70.9 Å². The number of anilines is 1. The number of benzene rings is 2. The third-order valence-electron chi connectivity index (χ3n) is 9.63. The van der Waals surface area contributed by atoms with Gasteiger partial charge in [0, 0.05) is 54.9 Å². The van der Waals surface area contributed by atoms with Crippen molar-refractivity contribution in [2.24, 2.45) is 33.5 Å². The SMILES string of the molecule is CC(=O)CCC(C=O)N1C(=O)c2ccc(NCCCC(C)C(=O)C3CCC(N=CC(=CN)[C@@H](C)C=Nc4ccccc4C)CC3)cc2C1=O. The highest BCUT2D eigenvalue weighted by atomic mass is 16.2. The lowest BCUT2D eigenvalue weighted by atomic mass is 9.79. The zero-order valence-electron chi connectivity index (χ0n) is 29.1. The number of ketones is 2. The number of Topliss-reactive ketones (excluding diaryl/α,β-unsaturated/α-hetero) is 2. The van der Waals surface area contributed by atoms with Crippen LogP contribution in [-0.4, -0.2) is 65.6 Å². The van der Waals surface area contributed by atoms with Crippen molar-refractivity contribution in [1.82, 2.24) is 4.90 Å². The molecule has 49 heavy (non-hydrogen) atoms. The van der Waals surface area contributed by atoms with E-state index in [1.54, 1.807) is 24.4 Å². The molecule has 1 fully saturated rings. The number of nitrogens with two attached hydrogens (primary N) is 1. The van der Waals surface area contributed by atoms with Gasteiger partial charge in [-0.2, -0.15) is 0 Å². The first kappa shape index (κ1) is 37.1. The summed E-state index contributed by atoms with van der Waals surface area (Å²) in [7, 11) is 0. The standard InChI is InChI=1S/C39H49N5O5/c1-25-8-5-6-10-36(25)43-22-27(3)30(21-40)23-42-31-14-12-29(13-15-31)37(47)26(2)9-7-19-41-32-16-18-34-35(20-32)39(49)44(38(34)48)33(24-45)17-11-28(4)46/h5-6,8,10,16,18,20-24,26-27,29,31,33,41H,7,9,11-15,17,19,40H2,1-4H3/t26?,27-,29?,31?,33?/m0/s1. The largest absolute Gasteiger partial charge is 0.404 e. The summed E-state index contributed by atoms with van der Waals surface area (Å²) in [6.07, 6.45) is 11.0. The van der Waals surface area contributed by atoms with E-state index in [2.05, 4.69) is 10.3 Å². The number of carbonyl (C=O) groups excluding carboxylic acids is 5. The number of amides is 2. The van der Waals surface area contributed by atoms with Crippen LogP contribution in [0.2, 0.25) is 0 Å². The Morgan fingerprint density at radius 3 is 2.41 bits per heavy atom. The van der Waals surface area contributed by atoms with Crippen molar-refractivity contribution in [2.75, 3.05) is 11.9 Å². The van der Waals surface area contributed by atoms with Crippen LogP contribution in [0.4, 0.5) is 11.4 Å². The molecular weight excluding hydrogens is 618 g/mol. The number of rotatable bonds is 17. The van der Waals surface area contributed by atoms with Crippen LogP contribution in [0.1, 0.15) is 98.4 Å². The molecule has 0 spiro atoms. The zero-order valence-corrected chi connectivity index (χ0v) is 29.1. The van der Waals surface area contributed by atoms with Crippen molar-refractivity contribution < 1.29 is 24.0 Å². The summed E-state index contributed by atoms with van der Waals surface area (Å²) < 4.78 is 0. The van der Waals surface area contributed by atoms with Crippen molar-refractivity contribution in [3.63, 3.8) is 0 Å². The number of hydrogen-bond acceptors (Lipinski definition) is 9. The molecule has 0 bridgehead atoms. The fraction of sp³-hybridized carbons (Fsp3) is 0.462. The van der Waals surface area contributed by atoms with Gasteiger partial charge in [-0.25, -0.2) is 0 Å². The summed E-state index contributed by atoms with van der Waals surface area (Å²) in [4.78, 5) is 72.6. The number of aliphatic imine (C=N–C) groups is 2. The highest BCUT2D eigenvalue weighted by Gasteiger charge is 2.40. The maximum absolute atomic E-state index is 13.3. The first-order valence-electron chi connectivity index (χ1n) is 17.3. The second-order valence-corrected chi connectivity index (χ2v) is 13.4. The van der Waals surface area contributed by atoms with E-state index >= 15 is 0 Å². The van der Waals surface area contributed by atoms with E-state index in [1.807, 2.05) is 57.5 Å². The lowest BCUT2D eigenvalue weighted by molar-refractivity contribution is -0.127. The third kappa shape index (κ3) is 9.68. The fourth-order valence-corrected chi connectivity index (χ4v) is 6.47. The summed E-state index contributed by atoms with van der Waals surface area (Å²) in [5.41, 5.74) is 10.1. The van der Waals surface area contributed by atoms with Gasteiger partial charge in [-0.3, -0.25) is 29.3 Å². The third-order valence-corrected chi connectivity index (χ3v) is 9.63. The Morgan fingerprint density at radius 2 is 1.73 bits per heavy atom. The molecule has 2 aromatic rings. The molecule has 1 aliphatic carbocycles. The van der Waals surface area contributed by atoms with Crippen LogP contribution in [0, 0.1) is 24.7 Å². The first-order chi connectivity index (χ1) is 23.5. The highest BCUT2D eigenvalue weighted by Crippen LogP contribution is 2.31. The number of imide groups is 1. The van der Waals surface area contributed by atoms with Crippen LogP contribution in [0.15, 0.2) is 64.2 Å². The molecule has 0 saturated heterocycles. The van der Waals surface area contributed by atoms with Crippen molar-refractivity contribution in [2.45, 2.75) is 91.1 Å². The van der Waals surface area contributed by atoms with Gasteiger partial charge in [0.1, 0.15) is 17.9 Å². The minimum atomic E-state index is -0.972. The number of nitrogens with one attached hydrogen (secondary N) is 1. The minimum Gasteiger partial charge on any atom is -0.404 e. The molecule has 3 atom stereocenters. The van der Waals surface area contributed by atoms with Crippen LogP contribution in [0.3, 0.4) is 0 Å². The molecule has 0 radical (unpaired) electrons. The second kappa shape index (κ2) is 17.6. The molecule has 260 valence electrons. The molecule has 3 N–H and O–H groups in total. The Labute approximate surface area is 289 Å². The monoisotopic (exact) mass is 667 g/mol. The molecule has 10 nitrogen and oxygen atoms in total. The van der Waals surface area contributed by atoms with Gasteiger partial charge in [0.25, 0.3) is 11.8 Å². The first-order valence-corrected chi connectivity index (χ1v) is 17.3. The second-order valence-electron chi connectivity index (χ2n) is 13.4. The number of para-hydroxylation sites is 1. The maximum atomic E-state index is 13.3. The van der Waals surface area contributed by atoms with Crippen LogP contribution in [-0.2, 0) is 14.4 Å². The number of hydrogen-bond donors (Lipinski definition) is 2. The summed E-state index contributed by atoms with van der Waals surface area (Å²) in [6, 6.07) is 12.1. The average molecular weight is 668 g/mol. The van der Waals surface area contributed by atoms with Crippen LogP contribution in [0.25, 0.3) is 0 Å². The summed E-state index contributed by atoms with van der Waals surface area (Å²) >= 11 is 0. The number of aryl methyl sites for hydroxylation is 1. The molecule has 2 unspecified atom stereocenters. The molecule has 4 rings (SSSR count). The molecule has 0 aromatic heterocycles. The number of carbonyl (C=O) groups is 5. The topological polar surface area (TPSA) is 151 Å². The van der Waals surface area contributed by atoms with E-state index < -0.39 is 17.9 Å². The van der Waals surface area contributed by atoms with Gasteiger partial charge in [-0.1, -0.05) is 32.0 Å². The molecule has 2 amide bonds. The Balaban J connectivity index is 1.19. The smallest absolute Gasteiger partial charge is 0.262 e. The van der Waals surface area contributed by atoms with Crippen LogP contribution in [0.5, 0.6) is 0 Å². The van der Waals surface area contributed by atoms with E-state index in [0.29, 0.717) is 24.3 Å². The van der Waals surface area contributed by atoms with Crippen molar-refractivity contribution in [3.8, 4) is 0 Å². The van der Waals surface area contributed by atoms with E-state index in [-0.39, 0.29) is 53.5 Å². The van der Waals surface area contributed by atoms with Gasteiger partial charge in [-0.05, 0) is 100 Å². The molecule has 2 aromatic carbocycles. The van der Waals surface area contributed by atoms with Gasteiger partial charge in [0.15, 0.2) is 0 Å². The fourth-order valence-electron chi connectivity index (χ4n) is 6.47. The number of allylic oxidation sites excluding steroid dienone is 1. The van der Waals surface area contributed by atoms with Crippen LogP contribution < -0.4 is 11.1 Å². The Morgan fingerprint density at radius 1 is 1.02 bits per heavy atom. The van der Waals surface area contributed by atoms with Gasteiger partial charge >= 0.3 is 0 Å². The van der Waals surface area contributed by atoms with Crippen molar-refractivity contribution in [1.29, 1.82) is 0 Å². The summed E-state index contributed by atoms with van der Waals surface area (Å²) in [6.45, 7) is 8.09. The van der Waals surface area contributed by atoms with E-state index in [4.69, 9.17) is 10.7 Å². The number of fused-ring (bicyclic) bond motifs is 1. The minimum absolute atomic E-state index is 0.0203. The summed E-state index contributed by atoms with van der Waals surface area (Å²) in [5, 5.41) is 3.30. The van der Waals surface area contributed by atoms with Crippen LogP contribution >= 0.6 is 0 Å². The molecule has 2 aliphatic rings. The molecule has 1 heterocycles. The number of nitrogens with zero attached hydrogens (tertiary/aromatic N) is 3. The normalized spacial score (nSPS) is 20.0. The Bertz CT molecular complexity index is 1620. The Kier molecular flexibility index (Phi) is 13.3. The lowest BCUT2D eigenvalue weighted by Crippen LogP contribution is -2.41. The zero-order chi connectivity index (χ0) is 35.5. The predicted molar refractivity (Wildman–Crippen MR) is 194 cm³/mol. The van der Waals surface area contributed by atoms with Gasteiger partial charge in [0.2, 0.25) is 0 Å². The summed E-state index contributed by atoms with van der Waals surface area (Å²) in [5.74, 6) is -0.845. The van der Waals surface area contributed by atoms with E-state index in [1.165, 1.54) is 6.92 Å². The highest BCUT2D eigenvalue weighted by molar-refractivity contribution is 6.22. The van der Waals surface area contributed by atoms with Gasteiger partial charge in [0.05, 0.1) is 22.9 Å². The number of aldehydes is 1. The molecular formula is C39H49N5O5. The lowest BCUT2D eigenvalue weighted by Gasteiger charge is -2.27. The quantitative estimate of drug-likeness (QED) is 0.0853. The molecule has 1 aliphatic heterocycles. The van der Waals surface area contributed by atoms with E-state index in [9.17, 15) is 24.0 Å². The van der Waals surface area contributed by atoms with Gasteiger partial charge in [-0.15, -0.1) is 0 Å².